The van der Waals surface area contributed by atoms with E-state index in [1.165, 1.54) is 0 Å². The molecule has 2 aromatic heterocycles. The Bertz CT molecular complexity index is 515. The highest BCUT2D eigenvalue weighted by molar-refractivity contribution is 6.31. The first kappa shape index (κ1) is 12.0. The SMILES string of the molecule is Cc1cncc(C(NN)c2ncccc2Cl)c1. The smallest absolute Gasteiger partial charge is 0.0911 e. The second kappa shape index (κ2) is 5.23. The maximum Gasteiger partial charge on any atom is 0.0911 e. The summed E-state index contributed by atoms with van der Waals surface area (Å²) in [6.45, 7) is 1.98. The molecule has 1 unspecified atom stereocenters. The number of aryl methyl sites for hydroxylation is 1. The van der Waals surface area contributed by atoms with Crippen molar-refractivity contribution in [2.75, 3.05) is 0 Å². The predicted molar refractivity (Wildman–Crippen MR) is 67.4 cm³/mol. The molecule has 0 spiro atoms. The zero-order valence-electron chi connectivity index (χ0n) is 9.39. The third kappa shape index (κ3) is 2.61. The number of hydrogen-bond acceptors (Lipinski definition) is 4. The van der Waals surface area contributed by atoms with E-state index in [9.17, 15) is 0 Å². The lowest BCUT2D eigenvalue weighted by atomic mass is 10.0. The van der Waals surface area contributed by atoms with E-state index in [1.54, 1.807) is 30.7 Å². The Morgan fingerprint density at radius 2 is 2.24 bits per heavy atom. The number of pyridine rings is 2. The summed E-state index contributed by atoms with van der Waals surface area (Å²) in [6, 6.07) is 5.32. The Balaban J connectivity index is 2.44. The molecule has 17 heavy (non-hydrogen) atoms. The molecule has 0 amide bonds. The lowest BCUT2D eigenvalue weighted by Gasteiger charge is -2.16. The van der Waals surface area contributed by atoms with Crippen LogP contribution >= 0.6 is 11.6 Å². The number of rotatable bonds is 3. The summed E-state index contributed by atoms with van der Waals surface area (Å²) >= 11 is 6.11. The molecule has 5 heteroatoms. The summed E-state index contributed by atoms with van der Waals surface area (Å²) in [5.74, 6) is 5.58. The molecular weight excluding hydrogens is 236 g/mol. The molecule has 0 aliphatic heterocycles. The Hall–Kier alpha value is -1.49. The van der Waals surface area contributed by atoms with Gasteiger partial charge in [0.1, 0.15) is 0 Å². The quantitative estimate of drug-likeness (QED) is 0.644. The van der Waals surface area contributed by atoms with Gasteiger partial charge < -0.3 is 0 Å². The van der Waals surface area contributed by atoms with Gasteiger partial charge in [0, 0.05) is 18.6 Å². The van der Waals surface area contributed by atoms with Crippen molar-refractivity contribution in [2.24, 2.45) is 5.84 Å². The molecule has 3 N–H and O–H groups in total. The normalized spacial score (nSPS) is 12.4. The highest BCUT2D eigenvalue weighted by atomic mass is 35.5. The van der Waals surface area contributed by atoms with E-state index in [0.717, 1.165) is 11.1 Å². The first-order valence-corrected chi connectivity index (χ1v) is 5.58. The minimum Gasteiger partial charge on any atom is -0.271 e. The highest BCUT2D eigenvalue weighted by Gasteiger charge is 2.17. The number of nitrogens with two attached hydrogens (primary N) is 1. The first-order chi connectivity index (χ1) is 8.22. The molecule has 4 nitrogen and oxygen atoms in total. The van der Waals surface area contributed by atoms with Gasteiger partial charge in [0.05, 0.1) is 16.8 Å². The molecule has 0 saturated carbocycles. The van der Waals surface area contributed by atoms with Crippen LogP contribution in [0.25, 0.3) is 0 Å². The van der Waals surface area contributed by atoms with Crippen LogP contribution in [-0.2, 0) is 0 Å². The summed E-state index contributed by atoms with van der Waals surface area (Å²) in [5.41, 5.74) is 5.42. The van der Waals surface area contributed by atoms with Crippen molar-refractivity contribution in [3.8, 4) is 0 Å². The maximum atomic E-state index is 6.11. The van der Waals surface area contributed by atoms with Crippen LogP contribution < -0.4 is 11.3 Å². The van der Waals surface area contributed by atoms with Crippen molar-refractivity contribution in [3.05, 3.63) is 58.6 Å². The summed E-state index contributed by atoms with van der Waals surface area (Å²) in [7, 11) is 0. The minimum absolute atomic E-state index is 0.254. The molecule has 0 fully saturated rings. The predicted octanol–water partition coefficient (Wildman–Crippen LogP) is 1.99. The number of hydrazine groups is 1. The van der Waals surface area contributed by atoms with Crippen molar-refractivity contribution in [1.29, 1.82) is 0 Å². The fourth-order valence-corrected chi connectivity index (χ4v) is 1.91. The fraction of sp³-hybridized carbons (Fsp3) is 0.167. The first-order valence-electron chi connectivity index (χ1n) is 5.20. The molecule has 0 aromatic carbocycles. The average molecular weight is 249 g/mol. The van der Waals surface area contributed by atoms with E-state index in [2.05, 4.69) is 15.4 Å². The fourth-order valence-electron chi connectivity index (χ4n) is 1.68. The molecule has 0 saturated heterocycles. The van der Waals surface area contributed by atoms with Gasteiger partial charge in [-0.2, -0.15) is 0 Å². The number of halogens is 1. The van der Waals surface area contributed by atoms with Crippen molar-refractivity contribution in [1.82, 2.24) is 15.4 Å². The lowest BCUT2D eigenvalue weighted by molar-refractivity contribution is 0.618. The van der Waals surface area contributed by atoms with Gasteiger partial charge in [-0.3, -0.25) is 15.8 Å². The number of aromatic nitrogens is 2. The second-order valence-corrected chi connectivity index (χ2v) is 4.17. The molecule has 88 valence electrons. The Morgan fingerprint density at radius 1 is 1.41 bits per heavy atom. The van der Waals surface area contributed by atoms with Crippen molar-refractivity contribution >= 4 is 11.6 Å². The van der Waals surface area contributed by atoms with Crippen LogP contribution in [0.3, 0.4) is 0 Å². The molecule has 0 bridgehead atoms. The van der Waals surface area contributed by atoms with Crippen molar-refractivity contribution in [3.63, 3.8) is 0 Å². The van der Waals surface area contributed by atoms with Gasteiger partial charge >= 0.3 is 0 Å². The van der Waals surface area contributed by atoms with Crippen LogP contribution in [0, 0.1) is 6.92 Å². The molecule has 2 rings (SSSR count). The standard InChI is InChI=1S/C12H13ClN4/c1-8-5-9(7-15-6-8)11(17-14)12-10(13)3-2-4-16-12/h2-7,11,17H,14H2,1H3. The third-order valence-corrected chi connectivity index (χ3v) is 2.78. The third-order valence-electron chi connectivity index (χ3n) is 2.46. The zero-order valence-corrected chi connectivity index (χ0v) is 10.1. The topological polar surface area (TPSA) is 63.8 Å². The summed E-state index contributed by atoms with van der Waals surface area (Å²) in [5, 5.41) is 0.581. The largest absolute Gasteiger partial charge is 0.271 e. The molecule has 0 radical (unpaired) electrons. The van der Waals surface area contributed by atoms with Crippen LogP contribution in [0.5, 0.6) is 0 Å². The Morgan fingerprint density at radius 3 is 2.88 bits per heavy atom. The van der Waals surface area contributed by atoms with Gasteiger partial charge in [-0.05, 0) is 30.2 Å². The molecule has 2 aromatic rings. The van der Waals surface area contributed by atoms with Gasteiger partial charge in [0.25, 0.3) is 0 Å². The average Bonchev–Trinajstić information content (AvgIpc) is 2.33. The van der Waals surface area contributed by atoms with Crippen LogP contribution in [0.15, 0.2) is 36.8 Å². The summed E-state index contributed by atoms with van der Waals surface area (Å²) < 4.78 is 0. The van der Waals surface area contributed by atoms with Crippen molar-refractivity contribution < 1.29 is 0 Å². The van der Waals surface area contributed by atoms with E-state index in [-0.39, 0.29) is 6.04 Å². The molecule has 0 aliphatic carbocycles. The van der Waals surface area contributed by atoms with Gasteiger partial charge in [-0.25, -0.2) is 5.43 Å². The highest BCUT2D eigenvalue weighted by Crippen LogP contribution is 2.25. The van der Waals surface area contributed by atoms with Gasteiger partial charge in [-0.15, -0.1) is 0 Å². The van der Waals surface area contributed by atoms with Crippen LogP contribution in [0.2, 0.25) is 5.02 Å². The number of nitrogens with zero attached hydrogens (tertiary/aromatic N) is 2. The number of hydrogen-bond donors (Lipinski definition) is 2. The Kier molecular flexibility index (Phi) is 3.68. The molecule has 2 heterocycles. The van der Waals surface area contributed by atoms with Gasteiger partial charge in [0.15, 0.2) is 0 Å². The summed E-state index contributed by atoms with van der Waals surface area (Å²) in [6.07, 6.45) is 5.23. The maximum absolute atomic E-state index is 6.11. The monoisotopic (exact) mass is 248 g/mol. The Labute approximate surface area is 105 Å². The zero-order chi connectivity index (χ0) is 12.3. The molecule has 0 aliphatic rings. The number of nitrogens with one attached hydrogen (secondary N) is 1. The van der Waals surface area contributed by atoms with E-state index in [1.807, 2.05) is 13.0 Å². The van der Waals surface area contributed by atoms with E-state index >= 15 is 0 Å². The van der Waals surface area contributed by atoms with Crippen LogP contribution in [0.4, 0.5) is 0 Å². The van der Waals surface area contributed by atoms with Gasteiger partial charge in [0.2, 0.25) is 0 Å². The van der Waals surface area contributed by atoms with E-state index in [4.69, 9.17) is 17.4 Å². The summed E-state index contributed by atoms with van der Waals surface area (Å²) in [4.78, 5) is 8.40. The van der Waals surface area contributed by atoms with Crippen molar-refractivity contribution in [2.45, 2.75) is 13.0 Å². The molecular formula is C12H13ClN4. The minimum atomic E-state index is -0.254. The van der Waals surface area contributed by atoms with Gasteiger partial charge in [-0.1, -0.05) is 17.7 Å². The second-order valence-electron chi connectivity index (χ2n) is 3.77. The van der Waals surface area contributed by atoms with Crippen LogP contribution in [0.1, 0.15) is 22.9 Å². The van der Waals surface area contributed by atoms with E-state index in [0.29, 0.717) is 10.7 Å². The molecule has 1 atom stereocenters. The van der Waals surface area contributed by atoms with Crippen LogP contribution in [-0.4, -0.2) is 9.97 Å². The lowest BCUT2D eigenvalue weighted by Crippen LogP contribution is -2.29. The van der Waals surface area contributed by atoms with E-state index < -0.39 is 0 Å².